The molecule has 0 aromatic carbocycles. The van der Waals surface area contributed by atoms with Crippen molar-refractivity contribution in [2.45, 2.75) is 72.9 Å². The average molecular weight is 225 g/mol. The third kappa shape index (κ3) is 3.23. The van der Waals surface area contributed by atoms with Crippen LogP contribution in [0.2, 0.25) is 0 Å². The maximum atomic E-state index is 2.76. The largest absolute Gasteiger partial charge is 0.295 e. The number of rotatable bonds is 6. The highest BCUT2D eigenvalue weighted by molar-refractivity contribution is 4.92. The average Bonchev–Trinajstić information content (AvgIpc) is 2.95. The monoisotopic (exact) mass is 225 g/mol. The maximum Gasteiger partial charge on any atom is 0.0179 e. The quantitative estimate of drug-likeness (QED) is 0.655. The Bertz CT molecular complexity index is 213. The van der Waals surface area contributed by atoms with Crippen LogP contribution < -0.4 is 0 Å². The van der Waals surface area contributed by atoms with Gasteiger partial charge in [-0.3, -0.25) is 4.90 Å². The van der Waals surface area contributed by atoms with Crippen LogP contribution in [0.1, 0.15) is 61.3 Å². The van der Waals surface area contributed by atoms with Crippen molar-refractivity contribution < 1.29 is 0 Å². The smallest absolute Gasteiger partial charge is 0.0179 e. The summed E-state index contributed by atoms with van der Waals surface area (Å²) in [6.45, 7) is 17.9. The summed E-state index contributed by atoms with van der Waals surface area (Å²) in [5, 5.41) is 0. The summed E-state index contributed by atoms with van der Waals surface area (Å²) in [6, 6.07) is 0.693. The third-order valence-electron chi connectivity index (χ3n) is 4.76. The molecule has 96 valence electrons. The molecule has 0 bridgehead atoms. The highest BCUT2D eigenvalue weighted by Crippen LogP contribution is 2.36. The molecule has 0 saturated heterocycles. The van der Waals surface area contributed by atoms with Crippen LogP contribution in [-0.4, -0.2) is 23.0 Å². The van der Waals surface area contributed by atoms with Crippen molar-refractivity contribution in [1.29, 1.82) is 0 Å². The Balaban J connectivity index is 2.76. The molecule has 0 spiro atoms. The van der Waals surface area contributed by atoms with E-state index in [2.05, 4.69) is 53.4 Å². The lowest BCUT2D eigenvalue weighted by atomic mass is 9.85. The van der Waals surface area contributed by atoms with E-state index >= 15 is 0 Å². The highest BCUT2D eigenvalue weighted by Gasteiger charge is 2.37. The van der Waals surface area contributed by atoms with E-state index in [-0.39, 0.29) is 0 Å². The van der Waals surface area contributed by atoms with E-state index in [1.807, 2.05) is 0 Å². The molecule has 0 heterocycles. The topological polar surface area (TPSA) is 3.24 Å². The van der Waals surface area contributed by atoms with Crippen LogP contribution in [0.3, 0.4) is 0 Å². The third-order valence-corrected chi connectivity index (χ3v) is 4.76. The van der Waals surface area contributed by atoms with Crippen LogP contribution >= 0.6 is 0 Å². The molecule has 0 aliphatic heterocycles. The van der Waals surface area contributed by atoms with E-state index in [0.717, 1.165) is 11.8 Å². The maximum absolute atomic E-state index is 2.76. The van der Waals surface area contributed by atoms with Gasteiger partial charge in [0.15, 0.2) is 0 Å². The minimum Gasteiger partial charge on any atom is -0.295 e. The van der Waals surface area contributed by atoms with Crippen LogP contribution in [-0.2, 0) is 0 Å². The van der Waals surface area contributed by atoms with Gasteiger partial charge in [0.1, 0.15) is 0 Å². The van der Waals surface area contributed by atoms with Crippen molar-refractivity contribution >= 4 is 0 Å². The van der Waals surface area contributed by atoms with Crippen molar-refractivity contribution in [3.8, 4) is 0 Å². The van der Waals surface area contributed by atoms with Gasteiger partial charge < -0.3 is 0 Å². The van der Waals surface area contributed by atoms with E-state index in [1.165, 1.54) is 19.4 Å². The van der Waals surface area contributed by atoms with E-state index in [4.69, 9.17) is 0 Å². The first kappa shape index (κ1) is 14.0. The normalized spacial score (nSPS) is 19.9. The molecule has 16 heavy (non-hydrogen) atoms. The molecule has 0 aromatic heterocycles. The van der Waals surface area contributed by atoms with E-state index in [1.54, 1.807) is 0 Å². The molecule has 1 nitrogen and oxygen atoms in total. The molecule has 0 N–H and O–H groups in total. The molecule has 1 fully saturated rings. The minimum atomic E-state index is 0.326. The molecule has 1 saturated carbocycles. The molecule has 1 atom stereocenters. The van der Waals surface area contributed by atoms with Crippen LogP contribution in [0.4, 0.5) is 0 Å². The van der Waals surface area contributed by atoms with Crippen LogP contribution in [0.5, 0.6) is 0 Å². The Morgan fingerprint density at radius 2 is 1.56 bits per heavy atom. The zero-order valence-corrected chi connectivity index (χ0v) is 12.4. The van der Waals surface area contributed by atoms with Crippen molar-refractivity contribution in [1.82, 2.24) is 4.90 Å². The van der Waals surface area contributed by atoms with Gasteiger partial charge in [0.2, 0.25) is 0 Å². The lowest BCUT2D eigenvalue weighted by Gasteiger charge is -2.47. The molecular weight excluding hydrogens is 194 g/mol. The van der Waals surface area contributed by atoms with Crippen molar-refractivity contribution in [2.24, 2.45) is 17.8 Å². The summed E-state index contributed by atoms with van der Waals surface area (Å²) >= 11 is 0. The second-order valence-corrected chi connectivity index (χ2v) is 6.89. The SMILES string of the molecule is CC(C)[C@H](C)N(CC1CC1)C(C)(C)C(C)C. The Morgan fingerprint density at radius 1 is 1.06 bits per heavy atom. The first-order valence-electron chi connectivity index (χ1n) is 7.03. The fraction of sp³-hybridized carbons (Fsp3) is 1.00. The Morgan fingerprint density at radius 3 is 1.88 bits per heavy atom. The van der Waals surface area contributed by atoms with Gasteiger partial charge in [-0.25, -0.2) is 0 Å². The minimum absolute atomic E-state index is 0.326. The van der Waals surface area contributed by atoms with Gasteiger partial charge in [-0.2, -0.15) is 0 Å². The van der Waals surface area contributed by atoms with Gasteiger partial charge in [0.05, 0.1) is 0 Å². The molecule has 0 radical (unpaired) electrons. The second-order valence-electron chi connectivity index (χ2n) is 6.89. The second kappa shape index (κ2) is 5.08. The highest BCUT2D eigenvalue weighted by atomic mass is 15.2. The zero-order chi connectivity index (χ0) is 12.5. The number of nitrogens with zero attached hydrogens (tertiary/aromatic N) is 1. The summed E-state index contributed by atoms with van der Waals surface area (Å²) in [7, 11) is 0. The predicted molar refractivity (Wildman–Crippen MR) is 72.6 cm³/mol. The van der Waals surface area contributed by atoms with Gasteiger partial charge in [0, 0.05) is 18.1 Å². The summed E-state index contributed by atoms with van der Waals surface area (Å²) < 4.78 is 0. The zero-order valence-electron chi connectivity index (χ0n) is 12.4. The van der Waals surface area contributed by atoms with Gasteiger partial charge in [-0.15, -0.1) is 0 Å². The first-order chi connectivity index (χ1) is 7.26. The molecule has 1 rings (SSSR count). The summed E-state index contributed by atoms with van der Waals surface area (Å²) in [4.78, 5) is 2.76. The van der Waals surface area contributed by atoms with E-state index < -0.39 is 0 Å². The van der Waals surface area contributed by atoms with Crippen LogP contribution in [0.15, 0.2) is 0 Å². The summed E-state index contributed by atoms with van der Waals surface area (Å²) in [6.07, 6.45) is 2.91. The van der Waals surface area contributed by atoms with Gasteiger partial charge in [0.25, 0.3) is 0 Å². The van der Waals surface area contributed by atoms with Crippen LogP contribution in [0.25, 0.3) is 0 Å². The summed E-state index contributed by atoms with van der Waals surface area (Å²) in [5.74, 6) is 2.45. The van der Waals surface area contributed by atoms with Crippen molar-refractivity contribution in [3.05, 3.63) is 0 Å². The summed E-state index contributed by atoms with van der Waals surface area (Å²) in [5.41, 5.74) is 0.326. The van der Waals surface area contributed by atoms with Gasteiger partial charge in [-0.05, 0) is 51.4 Å². The number of hydrogen-bond donors (Lipinski definition) is 0. The van der Waals surface area contributed by atoms with Crippen molar-refractivity contribution in [3.63, 3.8) is 0 Å². The Hall–Kier alpha value is -0.0400. The lowest BCUT2D eigenvalue weighted by molar-refractivity contribution is 0.0180. The lowest BCUT2D eigenvalue weighted by Crippen LogP contribution is -2.54. The Labute approximate surface area is 103 Å². The predicted octanol–water partition coefficient (Wildman–Crippen LogP) is 4.18. The Kier molecular flexibility index (Phi) is 4.45. The standard InChI is InChI=1S/C15H31N/c1-11(2)13(5)16(10-14-8-9-14)15(6,7)12(3)4/h11-14H,8-10H2,1-7H3/t13-/m0/s1. The fourth-order valence-electron chi connectivity index (χ4n) is 2.20. The molecular formula is C15H31N. The van der Waals surface area contributed by atoms with E-state index in [0.29, 0.717) is 17.5 Å². The van der Waals surface area contributed by atoms with Gasteiger partial charge in [-0.1, -0.05) is 27.7 Å². The number of hydrogen-bond acceptors (Lipinski definition) is 1. The van der Waals surface area contributed by atoms with Crippen molar-refractivity contribution in [2.75, 3.05) is 6.54 Å². The molecule has 0 unspecified atom stereocenters. The molecule has 0 amide bonds. The molecule has 1 heteroatoms. The van der Waals surface area contributed by atoms with Gasteiger partial charge >= 0.3 is 0 Å². The molecule has 0 aromatic rings. The molecule has 1 aliphatic carbocycles. The molecule has 1 aliphatic rings. The first-order valence-corrected chi connectivity index (χ1v) is 7.03. The van der Waals surface area contributed by atoms with E-state index in [9.17, 15) is 0 Å². The van der Waals surface area contributed by atoms with Crippen LogP contribution in [0, 0.1) is 17.8 Å². The fourth-order valence-corrected chi connectivity index (χ4v) is 2.20.